The number of hydrogen-bond donors (Lipinski definition) is 1. The van der Waals surface area contributed by atoms with Crippen LogP contribution >= 0.6 is 0 Å². The van der Waals surface area contributed by atoms with Crippen LogP contribution in [0.15, 0.2) is 48.5 Å². The number of alkyl halides is 3. The van der Waals surface area contributed by atoms with Gasteiger partial charge in [-0.2, -0.15) is 13.2 Å². The number of nitrogens with zero attached hydrogens (tertiary/aromatic N) is 1. The summed E-state index contributed by atoms with van der Waals surface area (Å²) in [6, 6.07) is 9.68. The number of benzene rings is 2. The van der Waals surface area contributed by atoms with E-state index in [1.807, 2.05) is 31.2 Å². The number of anilines is 1. The van der Waals surface area contributed by atoms with Crippen LogP contribution in [0.1, 0.15) is 36.6 Å². The van der Waals surface area contributed by atoms with Crippen molar-refractivity contribution in [3.05, 3.63) is 65.2 Å². The number of halogens is 3. The quantitative estimate of drug-likeness (QED) is 0.755. The molecule has 29 heavy (non-hydrogen) atoms. The van der Waals surface area contributed by atoms with Crippen LogP contribution in [0.4, 0.5) is 18.9 Å². The molecule has 0 aliphatic carbocycles. The first kappa shape index (κ1) is 22.7. The van der Waals surface area contributed by atoms with Gasteiger partial charge in [0.15, 0.2) is 0 Å². The van der Waals surface area contributed by atoms with Crippen LogP contribution in [-0.2, 0) is 21.0 Å². The summed E-state index contributed by atoms with van der Waals surface area (Å²) in [7, 11) is -4.03. The highest BCUT2D eigenvalue weighted by molar-refractivity contribution is 7.92. The number of rotatable bonds is 6. The Morgan fingerprint density at radius 3 is 2.17 bits per heavy atom. The predicted molar refractivity (Wildman–Crippen MR) is 106 cm³/mol. The Morgan fingerprint density at radius 2 is 1.66 bits per heavy atom. The minimum atomic E-state index is -4.63. The highest BCUT2D eigenvalue weighted by Crippen LogP contribution is 2.33. The van der Waals surface area contributed by atoms with E-state index in [1.54, 1.807) is 6.92 Å². The fourth-order valence-electron chi connectivity index (χ4n) is 2.90. The second kappa shape index (κ2) is 8.44. The van der Waals surface area contributed by atoms with Crippen molar-refractivity contribution in [1.82, 2.24) is 5.32 Å². The molecule has 0 aliphatic rings. The third kappa shape index (κ3) is 5.72. The molecule has 0 heterocycles. The second-order valence-electron chi connectivity index (χ2n) is 6.92. The van der Waals surface area contributed by atoms with Gasteiger partial charge in [0.2, 0.25) is 15.9 Å². The smallest absolute Gasteiger partial charge is 0.348 e. The molecule has 5 nitrogen and oxygen atoms in total. The van der Waals surface area contributed by atoms with E-state index in [-0.39, 0.29) is 5.69 Å². The van der Waals surface area contributed by atoms with Gasteiger partial charge >= 0.3 is 6.18 Å². The number of sulfonamides is 1. The van der Waals surface area contributed by atoms with Crippen molar-refractivity contribution in [1.29, 1.82) is 0 Å². The number of amides is 1. The van der Waals surface area contributed by atoms with Crippen molar-refractivity contribution >= 4 is 21.6 Å². The Bertz CT molecular complexity index is 973. The first-order valence-electron chi connectivity index (χ1n) is 8.84. The average molecular weight is 428 g/mol. The molecule has 2 atom stereocenters. The van der Waals surface area contributed by atoms with E-state index in [1.165, 1.54) is 13.0 Å². The molecule has 9 heteroatoms. The Kier molecular flexibility index (Phi) is 6.62. The van der Waals surface area contributed by atoms with E-state index >= 15 is 0 Å². The summed E-state index contributed by atoms with van der Waals surface area (Å²) in [5, 5.41) is 2.72. The van der Waals surface area contributed by atoms with Crippen LogP contribution in [0.25, 0.3) is 0 Å². The molecule has 0 aromatic heterocycles. The molecule has 0 unspecified atom stereocenters. The fourth-order valence-corrected chi connectivity index (χ4v) is 4.07. The topological polar surface area (TPSA) is 66.5 Å². The van der Waals surface area contributed by atoms with E-state index in [9.17, 15) is 26.4 Å². The highest BCUT2D eigenvalue weighted by atomic mass is 32.2. The van der Waals surface area contributed by atoms with Gasteiger partial charge in [0.1, 0.15) is 6.04 Å². The molecule has 158 valence electrons. The van der Waals surface area contributed by atoms with Crippen LogP contribution in [0.2, 0.25) is 0 Å². The summed E-state index contributed by atoms with van der Waals surface area (Å²) in [4.78, 5) is 12.7. The van der Waals surface area contributed by atoms with Gasteiger partial charge in [-0.15, -0.1) is 0 Å². The summed E-state index contributed by atoms with van der Waals surface area (Å²) < 4.78 is 64.4. The van der Waals surface area contributed by atoms with E-state index in [2.05, 4.69) is 5.32 Å². The summed E-state index contributed by atoms with van der Waals surface area (Å²) in [6.07, 6.45) is -3.79. The van der Waals surface area contributed by atoms with E-state index < -0.39 is 39.8 Å². The zero-order chi connectivity index (χ0) is 22.0. The third-order valence-corrected chi connectivity index (χ3v) is 5.69. The molecule has 2 aromatic carbocycles. The Morgan fingerprint density at radius 1 is 1.07 bits per heavy atom. The van der Waals surface area contributed by atoms with E-state index in [0.29, 0.717) is 10.4 Å². The average Bonchev–Trinajstić information content (AvgIpc) is 2.60. The van der Waals surface area contributed by atoms with Crippen molar-refractivity contribution in [2.45, 2.75) is 39.0 Å². The largest absolute Gasteiger partial charge is 0.416 e. The van der Waals surface area contributed by atoms with Crippen LogP contribution in [-0.4, -0.2) is 26.6 Å². The maximum absolute atomic E-state index is 13.0. The first-order chi connectivity index (χ1) is 13.3. The van der Waals surface area contributed by atoms with Gasteiger partial charge in [-0.1, -0.05) is 35.9 Å². The normalized spacial score (nSPS) is 14.2. The van der Waals surface area contributed by atoms with Crippen LogP contribution < -0.4 is 9.62 Å². The van der Waals surface area contributed by atoms with Gasteiger partial charge in [-0.25, -0.2) is 8.42 Å². The molecule has 1 N–H and O–H groups in total. The number of carbonyl (C=O) groups is 1. The van der Waals surface area contributed by atoms with Crippen molar-refractivity contribution in [2.75, 3.05) is 10.6 Å². The van der Waals surface area contributed by atoms with Gasteiger partial charge < -0.3 is 5.32 Å². The maximum Gasteiger partial charge on any atom is 0.416 e. The first-order valence-corrected chi connectivity index (χ1v) is 10.7. The van der Waals surface area contributed by atoms with Crippen molar-refractivity contribution in [3.8, 4) is 0 Å². The molecule has 0 spiro atoms. The predicted octanol–water partition coefficient (Wildman–Crippen LogP) is 4.05. The molecular formula is C20H23F3N2O3S. The lowest BCUT2D eigenvalue weighted by atomic mass is 10.1. The molecule has 0 saturated heterocycles. The third-order valence-electron chi connectivity index (χ3n) is 4.45. The standard InChI is InChI=1S/C20H23F3N2O3S/c1-13-8-10-16(11-9-13)14(2)24-19(26)15(3)25(29(4,27)28)18-7-5-6-17(12-18)20(21,22)23/h5-12,14-15H,1-4H3,(H,24,26)/t14-,15+/m1/s1. The fraction of sp³-hybridized carbons (Fsp3) is 0.350. The zero-order valence-corrected chi connectivity index (χ0v) is 17.3. The van der Waals surface area contributed by atoms with Crippen LogP contribution in [0.5, 0.6) is 0 Å². The van der Waals surface area contributed by atoms with Gasteiger partial charge in [-0.05, 0) is 44.5 Å². The Labute approximate surface area is 168 Å². The number of aryl methyl sites for hydroxylation is 1. The van der Waals surface area contributed by atoms with Gasteiger partial charge in [-0.3, -0.25) is 9.10 Å². The summed E-state index contributed by atoms with van der Waals surface area (Å²) in [5.41, 5.74) is 0.645. The molecule has 0 fully saturated rings. The molecule has 2 rings (SSSR count). The lowest BCUT2D eigenvalue weighted by Gasteiger charge is -2.29. The molecule has 0 bridgehead atoms. The van der Waals surface area contributed by atoms with E-state index in [0.717, 1.165) is 29.5 Å². The lowest BCUT2D eigenvalue weighted by molar-refractivity contribution is -0.137. The molecule has 2 aromatic rings. The van der Waals surface area contributed by atoms with Crippen molar-refractivity contribution < 1.29 is 26.4 Å². The summed E-state index contributed by atoms with van der Waals surface area (Å²) in [6.45, 7) is 5.00. The van der Waals surface area contributed by atoms with Crippen molar-refractivity contribution in [2.24, 2.45) is 0 Å². The lowest BCUT2D eigenvalue weighted by Crippen LogP contribution is -2.48. The van der Waals surface area contributed by atoms with E-state index in [4.69, 9.17) is 0 Å². The molecule has 0 saturated carbocycles. The highest BCUT2D eigenvalue weighted by Gasteiger charge is 2.34. The second-order valence-corrected chi connectivity index (χ2v) is 8.78. The monoisotopic (exact) mass is 428 g/mol. The minimum Gasteiger partial charge on any atom is -0.348 e. The van der Waals surface area contributed by atoms with Gasteiger partial charge in [0, 0.05) is 0 Å². The maximum atomic E-state index is 13.0. The Hall–Kier alpha value is -2.55. The number of carbonyl (C=O) groups excluding carboxylic acids is 1. The zero-order valence-electron chi connectivity index (χ0n) is 16.5. The van der Waals surface area contributed by atoms with Gasteiger partial charge in [0.05, 0.1) is 23.5 Å². The molecule has 0 aliphatic heterocycles. The molecule has 0 radical (unpaired) electrons. The minimum absolute atomic E-state index is 0.229. The van der Waals surface area contributed by atoms with Crippen LogP contribution in [0.3, 0.4) is 0 Å². The van der Waals surface area contributed by atoms with Crippen molar-refractivity contribution in [3.63, 3.8) is 0 Å². The molecular weight excluding hydrogens is 405 g/mol. The van der Waals surface area contributed by atoms with Gasteiger partial charge in [0.25, 0.3) is 0 Å². The summed E-state index contributed by atoms with van der Waals surface area (Å²) >= 11 is 0. The molecule has 1 amide bonds. The Balaban J connectivity index is 2.31. The van der Waals surface area contributed by atoms with Crippen LogP contribution in [0, 0.1) is 6.92 Å². The SMILES string of the molecule is Cc1ccc([C@@H](C)NC(=O)[C@H](C)N(c2cccc(C(F)(F)F)c2)S(C)(=O)=O)cc1. The number of nitrogens with one attached hydrogen (secondary N) is 1. The summed E-state index contributed by atoms with van der Waals surface area (Å²) in [5.74, 6) is -0.624. The number of hydrogen-bond acceptors (Lipinski definition) is 3.